The molecule has 2 heterocycles. The molecule has 2 aromatic heterocycles. The lowest BCUT2D eigenvalue weighted by Gasteiger charge is -2.01. The Morgan fingerprint density at radius 3 is 2.94 bits per heavy atom. The van der Waals surface area contributed by atoms with Gasteiger partial charge in [0.15, 0.2) is 5.03 Å². The predicted molar refractivity (Wildman–Crippen MR) is 58.7 cm³/mol. The second-order valence-electron chi connectivity index (χ2n) is 3.09. The van der Waals surface area contributed by atoms with Crippen LogP contribution >= 0.6 is 0 Å². The average Bonchev–Trinajstić information content (AvgIpc) is 2.28. The molecule has 0 saturated heterocycles. The number of hydrogen-bond donors (Lipinski definition) is 2. The van der Waals surface area contributed by atoms with Crippen molar-refractivity contribution >= 4 is 5.95 Å². The van der Waals surface area contributed by atoms with Crippen LogP contribution in [0.3, 0.4) is 0 Å². The molecule has 0 fully saturated rings. The van der Waals surface area contributed by atoms with Gasteiger partial charge in [-0.1, -0.05) is 5.43 Å². The van der Waals surface area contributed by atoms with Crippen LogP contribution in [-0.4, -0.2) is 20.0 Å². The highest BCUT2D eigenvalue weighted by Gasteiger charge is 2.06. The van der Waals surface area contributed by atoms with Gasteiger partial charge in [-0.3, -0.25) is 14.8 Å². The molecular weight excluding hydrogens is 226 g/mol. The summed E-state index contributed by atoms with van der Waals surface area (Å²) in [6.07, 6.45) is 3.09. The zero-order chi connectivity index (χ0) is 12.3. The van der Waals surface area contributed by atoms with E-state index in [0.29, 0.717) is 11.3 Å². The average molecular weight is 233 g/mol. The maximum absolute atomic E-state index is 11.3. The van der Waals surface area contributed by atoms with E-state index in [2.05, 4.69) is 15.0 Å². The van der Waals surface area contributed by atoms with E-state index >= 15 is 0 Å². The largest absolute Gasteiger partial charge is 0.288 e. The Labute approximate surface area is 94.5 Å². The summed E-state index contributed by atoms with van der Waals surface area (Å²) in [5.74, 6) is -0.221. The molecule has 0 unspecified atom stereocenters. The Hall–Kier alpha value is -2.77. The van der Waals surface area contributed by atoms with E-state index in [-0.39, 0.29) is 5.95 Å². The van der Waals surface area contributed by atoms with Crippen LogP contribution in [0.25, 0.3) is 11.3 Å². The number of nitro groups is 1. The zero-order valence-electron chi connectivity index (χ0n) is 8.45. The smallest absolute Gasteiger partial charge is 0.266 e. The molecule has 0 aliphatic carbocycles. The van der Waals surface area contributed by atoms with E-state index < -0.39 is 10.6 Å². The molecule has 86 valence electrons. The number of rotatable bonds is 3. The van der Waals surface area contributed by atoms with E-state index in [1.165, 1.54) is 12.3 Å². The van der Waals surface area contributed by atoms with Crippen molar-refractivity contribution in [3.05, 3.63) is 51.1 Å². The van der Waals surface area contributed by atoms with Crippen molar-refractivity contribution in [3.8, 4) is 11.3 Å². The molecule has 0 atom stereocenters. The second-order valence-corrected chi connectivity index (χ2v) is 3.09. The van der Waals surface area contributed by atoms with Gasteiger partial charge in [0.2, 0.25) is 0 Å². The summed E-state index contributed by atoms with van der Waals surface area (Å²) in [5, 5.41) is 9.45. The number of anilines is 1. The monoisotopic (exact) mass is 233 g/mol. The molecule has 0 saturated carbocycles. The Kier molecular flexibility index (Phi) is 2.77. The summed E-state index contributed by atoms with van der Waals surface area (Å²) in [4.78, 5) is 31.5. The molecule has 17 heavy (non-hydrogen) atoms. The summed E-state index contributed by atoms with van der Waals surface area (Å²) >= 11 is 0. The van der Waals surface area contributed by atoms with Crippen LogP contribution < -0.4 is 11.0 Å². The van der Waals surface area contributed by atoms with Gasteiger partial charge in [0, 0.05) is 24.0 Å². The summed E-state index contributed by atoms with van der Waals surface area (Å²) in [7, 11) is 0. The van der Waals surface area contributed by atoms with E-state index in [4.69, 9.17) is 0 Å². The van der Waals surface area contributed by atoms with Gasteiger partial charge >= 0.3 is 0 Å². The maximum Gasteiger partial charge on any atom is 0.266 e. The van der Waals surface area contributed by atoms with Crippen LogP contribution in [0, 0.1) is 10.1 Å². The van der Waals surface area contributed by atoms with E-state index in [1.807, 2.05) is 0 Å². The molecule has 0 radical (unpaired) electrons. The van der Waals surface area contributed by atoms with Gasteiger partial charge in [-0.15, -0.1) is 0 Å². The third-order valence-corrected chi connectivity index (χ3v) is 1.90. The van der Waals surface area contributed by atoms with Crippen LogP contribution in [0.2, 0.25) is 0 Å². The third-order valence-electron chi connectivity index (χ3n) is 1.90. The Morgan fingerprint density at radius 2 is 2.29 bits per heavy atom. The molecule has 0 aliphatic rings. The lowest BCUT2D eigenvalue weighted by Crippen LogP contribution is -2.16. The first kappa shape index (κ1) is 10.7. The fourth-order valence-electron chi connectivity index (χ4n) is 1.26. The first-order valence-electron chi connectivity index (χ1n) is 4.58. The molecule has 8 heteroatoms. The van der Waals surface area contributed by atoms with Crippen molar-refractivity contribution in [3.63, 3.8) is 0 Å². The third kappa shape index (κ3) is 2.62. The normalized spacial score (nSPS) is 9.88. The van der Waals surface area contributed by atoms with Gasteiger partial charge in [-0.2, -0.15) is 0 Å². The molecule has 0 aliphatic heterocycles. The topological polar surface area (TPSA) is 114 Å². The first-order valence-corrected chi connectivity index (χ1v) is 4.58. The highest BCUT2D eigenvalue weighted by Crippen LogP contribution is 2.13. The van der Waals surface area contributed by atoms with Crippen LogP contribution in [-0.2, 0) is 0 Å². The number of hydrogen-bond acceptors (Lipinski definition) is 5. The lowest BCUT2D eigenvalue weighted by atomic mass is 10.2. The van der Waals surface area contributed by atoms with Crippen LogP contribution in [0.15, 0.2) is 35.4 Å². The minimum Gasteiger partial charge on any atom is -0.288 e. The highest BCUT2D eigenvalue weighted by molar-refractivity contribution is 5.58. The molecule has 0 spiro atoms. The van der Waals surface area contributed by atoms with Crippen LogP contribution in [0.1, 0.15) is 0 Å². The van der Waals surface area contributed by atoms with Crippen molar-refractivity contribution in [1.29, 1.82) is 0 Å². The van der Waals surface area contributed by atoms with Crippen molar-refractivity contribution in [2.45, 2.75) is 0 Å². The van der Waals surface area contributed by atoms with E-state index in [0.717, 1.165) is 0 Å². The fraction of sp³-hybridized carbons (Fsp3) is 0. The van der Waals surface area contributed by atoms with E-state index in [1.54, 1.807) is 23.8 Å². The molecule has 8 nitrogen and oxygen atoms in total. The second kappa shape index (κ2) is 4.39. The summed E-state index contributed by atoms with van der Waals surface area (Å²) < 4.78 is 0. The number of aromatic amines is 1. The van der Waals surface area contributed by atoms with Crippen LogP contribution in [0.4, 0.5) is 5.95 Å². The number of nitrogens with one attached hydrogen (secondary N) is 2. The number of hydrazine groups is 1. The summed E-state index contributed by atoms with van der Waals surface area (Å²) in [6, 6.07) is 4.62. The number of pyridine rings is 1. The maximum atomic E-state index is 11.3. The molecular formula is C9H7N5O3. The molecule has 0 bridgehead atoms. The van der Waals surface area contributed by atoms with Crippen molar-refractivity contribution in [2.24, 2.45) is 0 Å². The Balaban J connectivity index is 2.45. The molecule has 2 N–H and O–H groups in total. The molecule has 0 amide bonds. The fourth-order valence-corrected chi connectivity index (χ4v) is 1.26. The number of aromatic nitrogens is 3. The zero-order valence-corrected chi connectivity index (χ0v) is 8.45. The van der Waals surface area contributed by atoms with Crippen molar-refractivity contribution < 1.29 is 5.03 Å². The molecule has 2 aromatic rings. The van der Waals surface area contributed by atoms with Gasteiger partial charge in [-0.25, -0.2) is 15.1 Å². The predicted octanol–water partition coefficient (Wildman–Crippen LogP) is 0.435. The number of H-pyrrole nitrogens is 1. The number of nitrogens with zero attached hydrogens (tertiary/aromatic N) is 3. The van der Waals surface area contributed by atoms with E-state index in [9.17, 15) is 14.9 Å². The standard InChI is InChI=1S/C9H7N5O3/c15-8-4-7(6-2-1-3-10-5-6)11-9(12-8)13-14(16)17/h1-5H,(H2,11,12,13,15). The summed E-state index contributed by atoms with van der Waals surface area (Å²) in [5.41, 5.74) is 2.22. The van der Waals surface area contributed by atoms with Crippen molar-refractivity contribution in [1.82, 2.24) is 15.0 Å². The highest BCUT2D eigenvalue weighted by atomic mass is 16.7. The SMILES string of the molecule is O=c1cc(-c2cccnc2)nc(N[N+](=O)[O-])[nH]1. The Morgan fingerprint density at radius 1 is 1.47 bits per heavy atom. The first-order chi connectivity index (χ1) is 8.15. The summed E-state index contributed by atoms with van der Waals surface area (Å²) in [6.45, 7) is 0. The van der Waals surface area contributed by atoms with Crippen LogP contribution in [0.5, 0.6) is 0 Å². The van der Waals surface area contributed by atoms with Gasteiger partial charge in [0.05, 0.1) is 5.69 Å². The van der Waals surface area contributed by atoms with Gasteiger partial charge in [0.25, 0.3) is 11.5 Å². The minimum atomic E-state index is -0.800. The van der Waals surface area contributed by atoms with Gasteiger partial charge in [-0.05, 0) is 12.1 Å². The van der Waals surface area contributed by atoms with Gasteiger partial charge in [0.1, 0.15) is 0 Å². The van der Waals surface area contributed by atoms with Gasteiger partial charge < -0.3 is 0 Å². The Bertz CT molecular complexity index is 595. The van der Waals surface area contributed by atoms with Crippen molar-refractivity contribution in [2.75, 3.05) is 5.43 Å². The quantitative estimate of drug-likeness (QED) is 0.587. The lowest BCUT2D eigenvalue weighted by molar-refractivity contribution is -0.446. The molecule has 0 aromatic carbocycles. The minimum absolute atomic E-state index is 0.221. The molecule has 2 rings (SSSR count).